The fourth-order valence-electron chi connectivity index (χ4n) is 2.39. The summed E-state index contributed by atoms with van der Waals surface area (Å²) in [6, 6.07) is -0.827. The number of aromatic nitrogens is 2. The van der Waals surface area contributed by atoms with Gasteiger partial charge >= 0.3 is 5.97 Å². The molecule has 0 saturated heterocycles. The van der Waals surface area contributed by atoms with Gasteiger partial charge < -0.3 is 10.4 Å². The lowest BCUT2D eigenvalue weighted by atomic mass is 9.97. The largest absolute Gasteiger partial charge is 0.480 e. The van der Waals surface area contributed by atoms with E-state index in [0.29, 0.717) is 12.8 Å². The number of nitrogens with zero attached hydrogens (tertiary/aromatic N) is 2. The third-order valence-electron chi connectivity index (χ3n) is 3.58. The number of hydrogen-bond acceptors (Lipinski definition) is 3. The Bertz CT molecular complexity index is 508. The van der Waals surface area contributed by atoms with Gasteiger partial charge in [0.05, 0.1) is 11.6 Å². The van der Waals surface area contributed by atoms with E-state index < -0.39 is 17.9 Å². The standard InChI is InChI=1S/C14H23N3O3/c1-6-7-11(14(19)20)15-13(18)8(2)12-9(3)16-17(5)10(12)4/h8,11H,6-7H2,1-5H3,(H,15,18)(H,19,20). The van der Waals surface area contributed by atoms with E-state index in [4.69, 9.17) is 5.11 Å². The lowest BCUT2D eigenvalue weighted by molar-refractivity contribution is -0.142. The minimum atomic E-state index is -0.993. The third-order valence-corrected chi connectivity index (χ3v) is 3.58. The fourth-order valence-corrected chi connectivity index (χ4v) is 2.39. The average Bonchev–Trinajstić information content (AvgIpc) is 2.61. The highest BCUT2D eigenvalue weighted by Gasteiger charge is 2.26. The molecule has 20 heavy (non-hydrogen) atoms. The lowest BCUT2D eigenvalue weighted by Crippen LogP contribution is -2.42. The summed E-state index contributed by atoms with van der Waals surface area (Å²) < 4.78 is 1.73. The summed E-state index contributed by atoms with van der Waals surface area (Å²) in [5.74, 6) is -1.68. The first-order valence-electron chi connectivity index (χ1n) is 6.82. The second kappa shape index (κ2) is 6.54. The van der Waals surface area contributed by atoms with Crippen molar-refractivity contribution >= 4 is 11.9 Å². The van der Waals surface area contributed by atoms with Gasteiger partial charge in [0.15, 0.2) is 0 Å². The molecule has 1 heterocycles. The molecule has 0 saturated carbocycles. The lowest BCUT2D eigenvalue weighted by Gasteiger charge is -2.17. The van der Waals surface area contributed by atoms with Crippen molar-refractivity contribution in [1.82, 2.24) is 15.1 Å². The third kappa shape index (κ3) is 3.37. The van der Waals surface area contributed by atoms with E-state index in [0.717, 1.165) is 17.0 Å². The zero-order chi connectivity index (χ0) is 15.4. The second-order valence-corrected chi connectivity index (χ2v) is 5.12. The van der Waals surface area contributed by atoms with Crippen LogP contribution >= 0.6 is 0 Å². The van der Waals surface area contributed by atoms with Gasteiger partial charge in [-0.3, -0.25) is 9.48 Å². The molecule has 2 N–H and O–H groups in total. The predicted octanol–water partition coefficient (Wildman–Crippen LogP) is 1.51. The minimum absolute atomic E-state index is 0.273. The highest BCUT2D eigenvalue weighted by Crippen LogP contribution is 2.23. The predicted molar refractivity (Wildman–Crippen MR) is 75.6 cm³/mol. The van der Waals surface area contributed by atoms with Crippen molar-refractivity contribution in [3.8, 4) is 0 Å². The van der Waals surface area contributed by atoms with Gasteiger partial charge in [0, 0.05) is 18.3 Å². The van der Waals surface area contributed by atoms with E-state index >= 15 is 0 Å². The molecule has 0 aromatic carbocycles. The van der Waals surface area contributed by atoms with Gasteiger partial charge in [-0.1, -0.05) is 13.3 Å². The highest BCUT2D eigenvalue weighted by atomic mass is 16.4. The van der Waals surface area contributed by atoms with Crippen LogP contribution in [0.5, 0.6) is 0 Å². The molecule has 1 amide bonds. The molecule has 0 fully saturated rings. The Morgan fingerprint density at radius 2 is 2.00 bits per heavy atom. The summed E-state index contributed by atoms with van der Waals surface area (Å²) in [4.78, 5) is 23.3. The second-order valence-electron chi connectivity index (χ2n) is 5.12. The van der Waals surface area contributed by atoms with Crippen LogP contribution in [0.2, 0.25) is 0 Å². The van der Waals surface area contributed by atoms with Gasteiger partial charge in [0.1, 0.15) is 6.04 Å². The van der Waals surface area contributed by atoms with E-state index in [1.165, 1.54) is 0 Å². The molecule has 1 aromatic rings. The first-order valence-corrected chi connectivity index (χ1v) is 6.82. The SMILES string of the molecule is CCCC(NC(=O)C(C)c1c(C)nn(C)c1C)C(=O)O. The number of carboxylic acid groups (broad SMARTS) is 1. The summed E-state index contributed by atoms with van der Waals surface area (Å²) in [5.41, 5.74) is 2.59. The molecule has 1 rings (SSSR count). The van der Waals surface area contributed by atoms with Crippen LogP contribution in [0.15, 0.2) is 0 Å². The number of aryl methyl sites for hydroxylation is 2. The monoisotopic (exact) mass is 281 g/mol. The van der Waals surface area contributed by atoms with Crippen molar-refractivity contribution in [2.24, 2.45) is 7.05 Å². The van der Waals surface area contributed by atoms with Crippen LogP contribution in [-0.2, 0) is 16.6 Å². The Balaban J connectivity index is 2.88. The van der Waals surface area contributed by atoms with E-state index in [1.807, 2.05) is 27.8 Å². The highest BCUT2D eigenvalue weighted by molar-refractivity contribution is 5.88. The van der Waals surface area contributed by atoms with E-state index in [2.05, 4.69) is 10.4 Å². The number of aliphatic carboxylic acids is 1. The number of amides is 1. The summed E-state index contributed by atoms with van der Waals surface area (Å²) in [6.07, 6.45) is 1.13. The molecule has 0 aliphatic carbocycles. The summed E-state index contributed by atoms with van der Waals surface area (Å²) in [6.45, 7) is 7.42. The summed E-state index contributed by atoms with van der Waals surface area (Å²) >= 11 is 0. The fraction of sp³-hybridized carbons (Fsp3) is 0.643. The Kier molecular flexibility index (Phi) is 5.30. The molecule has 1 aromatic heterocycles. The molecule has 0 aliphatic heterocycles. The number of carboxylic acids is 1. The van der Waals surface area contributed by atoms with Gasteiger partial charge in [-0.15, -0.1) is 0 Å². The first kappa shape index (κ1) is 16.2. The van der Waals surface area contributed by atoms with Gasteiger partial charge in [0.2, 0.25) is 5.91 Å². The molecular weight excluding hydrogens is 258 g/mol. The van der Waals surface area contributed by atoms with Gasteiger partial charge in [-0.25, -0.2) is 4.79 Å². The Morgan fingerprint density at radius 1 is 1.40 bits per heavy atom. The van der Waals surface area contributed by atoms with E-state index in [1.54, 1.807) is 11.6 Å². The number of hydrogen-bond donors (Lipinski definition) is 2. The molecule has 0 radical (unpaired) electrons. The maximum atomic E-state index is 12.2. The van der Waals surface area contributed by atoms with Crippen molar-refractivity contribution in [1.29, 1.82) is 0 Å². The molecule has 2 unspecified atom stereocenters. The van der Waals surface area contributed by atoms with Crippen LogP contribution in [0.25, 0.3) is 0 Å². The number of rotatable bonds is 6. The molecule has 2 atom stereocenters. The average molecular weight is 281 g/mol. The van der Waals surface area contributed by atoms with Crippen molar-refractivity contribution < 1.29 is 14.7 Å². The summed E-state index contributed by atoms with van der Waals surface area (Å²) in [7, 11) is 1.83. The Morgan fingerprint density at radius 3 is 2.40 bits per heavy atom. The zero-order valence-corrected chi connectivity index (χ0v) is 12.7. The normalized spacial score (nSPS) is 13.8. The van der Waals surface area contributed by atoms with E-state index in [9.17, 15) is 9.59 Å². The zero-order valence-electron chi connectivity index (χ0n) is 12.7. The van der Waals surface area contributed by atoms with Crippen LogP contribution in [0, 0.1) is 13.8 Å². The van der Waals surface area contributed by atoms with Crippen LogP contribution < -0.4 is 5.32 Å². The molecule has 112 valence electrons. The molecule has 6 heteroatoms. The van der Waals surface area contributed by atoms with Crippen molar-refractivity contribution in [2.75, 3.05) is 0 Å². The smallest absolute Gasteiger partial charge is 0.326 e. The maximum absolute atomic E-state index is 12.2. The molecule has 6 nitrogen and oxygen atoms in total. The maximum Gasteiger partial charge on any atom is 0.326 e. The van der Waals surface area contributed by atoms with Crippen molar-refractivity contribution in [3.63, 3.8) is 0 Å². The van der Waals surface area contributed by atoms with Gasteiger partial charge in [0.25, 0.3) is 0 Å². The number of nitrogens with one attached hydrogen (secondary N) is 1. The summed E-state index contributed by atoms with van der Waals surface area (Å²) in [5, 5.41) is 16.0. The molecule has 0 spiro atoms. The Labute approximate surface area is 119 Å². The topological polar surface area (TPSA) is 84.2 Å². The van der Waals surface area contributed by atoms with Gasteiger partial charge in [-0.05, 0) is 27.2 Å². The van der Waals surface area contributed by atoms with Crippen molar-refractivity contribution in [2.45, 2.75) is 52.5 Å². The molecular formula is C14H23N3O3. The van der Waals surface area contributed by atoms with E-state index in [-0.39, 0.29) is 5.91 Å². The number of carbonyl (C=O) groups is 2. The van der Waals surface area contributed by atoms with Gasteiger partial charge in [-0.2, -0.15) is 5.10 Å². The molecule has 0 aliphatic rings. The van der Waals surface area contributed by atoms with Crippen LogP contribution in [0.1, 0.15) is 49.6 Å². The van der Waals surface area contributed by atoms with Crippen molar-refractivity contribution in [3.05, 3.63) is 17.0 Å². The first-order chi connectivity index (χ1) is 9.29. The van der Waals surface area contributed by atoms with Crippen LogP contribution in [0.4, 0.5) is 0 Å². The van der Waals surface area contributed by atoms with Crippen LogP contribution in [0.3, 0.4) is 0 Å². The molecule has 0 bridgehead atoms. The quantitative estimate of drug-likeness (QED) is 0.827. The van der Waals surface area contributed by atoms with Crippen LogP contribution in [-0.4, -0.2) is 32.8 Å². The Hall–Kier alpha value is -1.85. The minimum Gasteiger partial charge on any atom is -0.480 e. The number of carbonyl (C=O) groups excluding carboxylic acids is 1.